The van der Waals surface area contributed by atoms with Crippen molar-refractivity contribution in [3.05, 3.63) is 100 Å². The lowest BCUT2D eigenvalue weighted by molar-refractivity contribution is 0.123. The third-order valence-electron chi connectivity index (χ3n) is 4.95. The number of carbonyl (C=O) groups excluding carboxylic acids is 1. The molecule has 3 aromatic carbocycles. The van der Waals surface area contributed by atoms with Gasteiger partial charge in [0.25, 0.3) is 0 Å². The molecule has 0 aliphatic rings. The van der Waals surface area contributed by atoms with Gasteiger partial charge in [0.2, 0.25) is 0 Å². The van der Waals surface area contributed by atoms with E-state index in [1.54, 1.807) is 67.8 Å². The number of benzene rings is 3. The Hall–Kier alpha value is -3.28. The van der Waals surface area contributed by atoms with Crippen LogP contribution in [0.25, 0.3) is 10.9 Å². The first-order valence-corrected chi connectivity index (χ1v) is 10.2. The van der Waals surface area contributed by atoms with Crippen molar-refractivity contribution in [2.45, 2.75) is 6.10 Å². The first kappa shape index (κ1) is 21.0. The zero-order chi connectivity index (χ0) is 22.0. The summed E-state index contributed by atoms with van der Waals surface area (Å²) in [5.74, 6) is -0.125. The molecule has 0 saturated carbocycles. The molecule has 5 nitrogen and oxygen atoms in total. The first-order chi connectivity index (χ1) is 15.0. The topological polar surface area (TPSA) is 62.7 Å². The normalized spacial score (nSPS) is 11.8. The minimum absolute atomic E-state index is 0.125. The molecule has 1 heterocycles. The summed E-state index contributed by atoms with van der Waals surface area (Å²) in [5, 5.41) is 12.4. The highest BCUT2D eigenvalue weighted by Crippen LogP contribution is 2.41. The molecule has 1 amide bonds. The van der Waals surface area contributed by atoms with Crippen LogP contribution in [-0.4, -0.2) is 23.2 Å². The minimum atomic E-state index is -1.00. The number of carbonyl (C=O) groups is 1. The van der Waals surface area contributed by atoms with Crippen molar-refractivity contribution in [1.82, 2.24) is 4.98 Å². The van der Waals surface area contributed by atoms with Crippen LogP contribution >= 0.6 is 23.2 Å². The molecule has 0 fully saturated rings. The molecule has 0 aliphatic heterocycles. The van der Waals surface area contributed by atoms with Crippen LogP contribution in [0.15, 0.2) is 79.0 Å². The number of phenols is 1. The van der Waals surface area contributed by atoms with Gasteiger partial charge in [0.15, 0.2) is 6.10 Å². The SMILES string of the molecule is CN(C(=O)OC(c1ccccc1Cl)c1cc(Cl)c2cccnc2c1O)c1ccccc1. The Morgan fingerprint density at radius 1 is 0.968 bits per heavy atom. The van der Waals surface area contributed by atoms with Crippen LogP contribution in [0.1, 0.15) is 17.2 Å². The van der Waals surface area contributed by atoms with Gasteiger partial charge in [-0.15, -0.1) is 0 Å². The second-order valence-corrected chi connectivity index (χ2v) is 7.69. The van der Waals surface area contributed by atoms with Crippen LogP contribution in [0.5, 0.6) is 5.75 Å². The number of nitrogens with zero attached hydrogens (tertiary/aromatic N) is 2. The third-order valence-corrected chi connectivity index (χ3v) is 5.61. The lowest BCUT2D eigenvalue weighted by Gasteiger charge is -2.25. The van der Waals surface area contributed by atoms with Crippen molar-refractivity contribution in [3.63, 3.8) is 0 Å². The minimum Gasteiger partial charge on any atom is -0.505 e. The fraction of sp³-hybridized carbons (Fsp3) is 0.0833. The quantitative estimate of drug-likeness (QED) is 0.378. The summed E-state index contributed by atoms with van der Waals surface area (Å²) in [7, 11) is 1.61. The zero-order valence-corrected chi connectivity index (χ0v) is 18.0. The summed E-state index contributed by atoms with van der Waals surface area (Å²) >= 11 is 12.9. The molecule has 0 aliphatic carbocycles. The lowest BCUT2D eigenvalue weighted by atomic mass is 9.98. The molecule has 31 heavy (non-hydrogen) atoms. The van der Waals surface area contributed by atoms with Crippen molar-refractivity contribution >= 4 is 45.9 Å². The number of hydrogen-bond acceptors (Lipinski definition) is 4. The molecule has 0 spiro atoms. The van der Waals surface area contributed by atoms with Crippen LogP contribution in [0.3, 0.4) is 0 Å². The van der Waals surface area contributed by atoms with E-state index < -0.39 is 12.2 Å². The summed E-state index contributed by atoms with van der Waals surface area (Å²) in [6, 6.07) is 21.1. The fourth-order valence-electron chi connectivity index (χ4n) is 3.33. The predicted octanol–water partition coefficient (Wildman–Crippen LogP) is 6.61. The maximum absolute atomic E-state index is 13.0. The molecule has 4 aromatic rings. The van der Waals surface area contributed by atoms with E-state index in [1.807, 2.05) is 18.2 Å². The Bertz CT molecular complexity index is 1250. The highest BCUT2D eigenvalue weighted by Gasteiger charge is 2.28. The molecule has 1 unspecified atom stereocenters. The van der Waals surface area contributed by atoms with Crippen molar-refractivity contribution in [2.75, 3.05) is 11.9 Å². The van der Waals surface area contributed by atoms with E-state index in [1.165, 1.54) is 4.90 Å². The van der Waals surface area contributed by atoms with Crippen molar-refractivity contribution < 1.29 is 14.6 Å². The van der Waals surface area contributed by atoms with Gasteiger partial charge in [-0.05, 0) is 36.4 Å². The molecule has 1 aromatic heterocycles. The summed E-state index contributed by atoms with van der Waals surface area (Å²) < 4.78 is 5.86. The number of anilines is 1. The Morgan fingerprint density at radius 3 is 2.42 bits per heavy atom. The largest absolute Gasteiger partial charge is 0.505 e. The van der Waals surface area contributed by atoms with Crippen LogP contribution in [0, 0.1) is 0 Å². The summed E-state index contributed by atoms with van der Waals surface area (Å²) in [6.07, 6.45) is -0.0639. The van der Waals surface area contributed by atoms with Gasteiger partial charge >= 0.3 is 6.09 Å². The molecule has 0 saturated heterocycles. The maximum atomic E-state index is 13.0. The van der Waals surface area contributed by atoms with E-state index >= 15 is 0 Å². The van der Waals surface area contributed by atoms with Gasteiger partial charge in [-0.2, -0.15) is 0 Å². The number of pyridine rings is 1. The van der Waals surface area contributed by atoms with Crippen LogP contribution in [-0.2, 0) is 4.74 Å². The Balaban J connectivity index is 1.81. The number of aromatic hydroxyl groups is 1. The van der Waals surface area contributed by atoms with E-state index in [0.717, 1.165) is 0 Å². The number of ether oxygens (including phenoxy) is 1. The predicted molar refractivity (Wildman–Crippen MR) is 123 cm³/mol. The Kier molecular flexibility index (Phi) is 5.98. The average molecular weight is 453 g/mol. The number of phenolic OH excluding ortho intramolecular Hbond substituents is 1. The molecule has 4 rings (SSSR count). The fourth-order valence-corrected chi connectivity index (χ4v) is 3.83. The summed E-state index contributed by atoms with van der Waals surface area (Å²) in [5.41, 5.74) is 1.78. The number of hydrogen-bond donors (Lipinski definition) is 1. The number of fused-ring (bicyclic) bond motifs is 1. The molecule has 0 bridgehead atoms. The van der Waals surface area contributed by atoms with Gasteiger partial charge in [0.05, 0.1) is 5.02 Å². The Morgan fingerprint density at radius 2 is 1.68 bits per heavy atom. The number of rotatable bonds is 4. The van der Waals surface area contributed by atoms with E-state index in [2.05, 4.69) is 4.98 Å². The summed E-state index contributed by atoms with van der Waals surface area (Å²) in [4.78, 5) is 18.6. The van der Waals surface area contributed by atoms with Gasteiger partial charge in [-0.25, -0.2) is 4.79 Å². The molecule has 7 heteroatoms. The second kappa shape index (κ2) is 8.84. The van der Waals surface area contributed by atoms with E-state index in [0.29, 0.717) is 37.8 Å². The second-order valence-electron chi connectivity index (χ2n) is 6.88. The van der Waals surface area contributed by atoms with Crippen molar-refractivity contribution in [1.29, 1.82) is 0 Å². The molecule has 156 valence electrons. The monoisotopic (exact) mass is 452 g/mol. The first-order valence-electron chi connectivity index (χ1n) is 9.47. The number of amides is 1. The molecular weight excluding hydrogens is 435 g/mol. The molecular formula is C24H18Cl2N2O3. The smallest absolute Gasteiger partial charge is 0.414 e. The Labute approximate surface area is 189 Å². The van der Waals surface area contributed by atoms with Gasteiger partial charge in [-0.1, -0.05) is 59.6 Å². The van der Waals surface area contributed by atoms with E-state index in [9.17, 15) is 9.90 Å². The van der Waals surface area contributed by atoms with Crippen LogP contribution < -0.4 is 4.90 Å². The van der Waals surface area contributed by atoms with Gasteiger partial charge < -0.3 is 9.84 Å². The van der Waals surface area contributed by atoms with Crippen molar-refractivity contribution in [2.24, 2.45) is 0 Å². The number of halogens is 2. The van der Waals surface area contributed by atoms with Gasteiger partial charge in [-0.3, -0.25) is 9.88 Å². The van der Waals surface area contributed by atoms with Gasteiger partial charge in [0, 0.05) is 40.5 Å². The number of aromatic nitrogens is 1. The van der Waals surface area contributed by atoms with Crippen molar-refractivity contribution in [3.8, 4) is 5.75 Å². The standard InChI is InChI=1S/C24H18Cl2N2O3/c1-28(15-8-3-2-4-9-15)24(30)31-23(17-10-5-6-12-19(17)25)18-14-20(26)16-11-7-13-27-21(16)22(18)29/h2-14,23,29H,1H3. The van der Waals surface area contributed by atoms with E-state index in [4.69, 9.17) is 27.9 Å². The highest BCUT2D eigenvalue weighted by atomic mass is 35.5. The lowest BCUT2D eigenvalue weighted by Crippen LogP contribution is -2.29. The third kappa shape index (κ3) is 4.15. The van der Waals surface area contributed by atoms with E-state index in [-0.39, 0.29) is 5.75 Å². The molecule has 1 atom stereocenters. The maximum Gasteiger partial charge on any atom is 0.414 e. The van der Waals surface area contributed by atoms with Gasteiger partial charge in [0.1, 0.15) is 11.3 Å². The van der Waals surface area contributed by atoms with Crippen LogP contribution in [0.2, 0.25) is 10.0 Å². The average Bonchev–Trinajstić information content (AvgIpc) is 2.80. The molecule has 0 radical (unpaired) electrons. The zero-order valence-electron chi connectivity index (χ0n) is 16.5. The van der Waals surface area contributed by atoms with Crippen LogP contribution in [0.4, 0.5) is 10.5 Å². The summed E-state index contributed by atoms with van der Waals surface area (Å²) in [6.45, 7) is 0. The number of para-hydroxylation sites is 1. The molecule has 1 N–H and O–H groups in total. The highest BCUT2D eigenvalue weighted by molar-refractivity contribution is 6.35.